The maximum Gasteiger partial charge on any atom is 0.255 e. The molecule has 4 nitrogen and oxygen atoms in total. The quantitative estimate of drug-likeness (QED) is 0.477. The average molecular weight is 475 g/mol. The normalized spacial score (nSPS) is 14.5. The largest absolute Gasteiger partial charge is 0.369 e. The van der Waals surface area contributed by atoms with Gasteiger partial charge < -0.3 is 10.2 Å². The minimum atomic E-state index is -0.223. The Balaban J connectivity index is 1.32. The van der Waals surface area contributed by atoms with Crippen LogP contribution in [0.2, 0.25) is 15.1 Å². The molecule has 0 aromatic heterocycles. The monoisotopic (exact) mass is 473 g/mol. The Morgan fingerprint density at radius 1 is 0.806 bits per heavy atom. The number of rotatable bonds is 5. The van der Waals surface area contributed by atoms with Gasteiger partial charge in [0.2, 0.25) is 0 Å². The number of nitrogens with zero attached hydrogens (tertiary/aromatic N) is 2. The Labute approximate surface area is 197 Å². The summed E-state index contributed by atoms with van der Waals surface area (Å²) in [4.78, 5) is 17.2. The van der Waals surface area contributed by atoms with Crippen LogP contribution in [0, 0.1) is 0 Å². The maximum atomic E-state index is 12.4. The van der Waals surface area contributed by atoms with Gasteiger partial charge in [0.25, 0.3) is 5.91 Å². The number of piperazine rings is 1. The topological polar surface area (TPSA) is 35.6 Å². The third-order valence-electron chi connectivity index (χ3n) is 5.40. The summed E-state index contributed by atoms with van der Waals surface area (Å²) >= 11 is 18.2. The summed E-state index contributed by atoms with van der Waals surface area (Å²) in [5.74, 6) is -0.223. The second-order valence-corrected chi connectivity index (χ2v) is 8.71. The number of halogens is 3. The van der Waals surface area contributed by atoms with Gasteiger partial charge in [-0.3, -0.25) is 9.69 Å². The standard InChI is InChI=1S/C24H22Cl3N3O/c25-21-4-2-1-3-18(21)16-29-11-13-30(14-12-29)20-8-6-19(7-9-20)28-24(31)17-5-10-22(26)23(27)15-17/h1-10,15H,11-14,16H2,(H,28,31). The van der Waals surface area contributed by atoms with Crippen molar-refractivity contribution in [1.82, 2.24) is 4.90 Å². The van der Waals surface area contributed by atoms with Crippen molar-refractivity contribution in [2.45, 2.75) is 6.54 Å². The predicted octanol–water partition coefficient (Wildman–Crippen LogP) is 6.22. The zero-order valence-corrected chi connectivity index (χ0v) is 19.1. The molecule has 1 fully saturated rings. The molecule has 1 aliphatic heterocycles. The van der Waals surface area contributed by atoms with Crippen molar-refractivity contribution in [2.75, 3.05) is 36.4 Å². The average Bonchev–Trinajstić information content (AvgIpc) is 2.78. The van der Waals surface area contributed by atoms with Crippen LogP contribution in [0.15, 0.2) is 66.7 Å². The lowest BCUT2D eigenvalue weighted by atomic mass is 10.1. The first-order chi connectivity index (χ1) is 15.0. The van der Waals surface area contributed by atoms with Crippen molar-refractivity contribution in [1.29, 1.82) is 0 Å². The van der Waals surface area contributed by atoms with Crippen molar-refractivity contribution in [3.05, 3.63) is 92.9 Å². The lowest BCUT2D eigenvalue weighted by Crippen LogP contribution is -2.46. The molecule has 160 valence electrons. The van der Waals surface area contributed by atoms with E-state index in [9.17, 15) is 4.79 Å². The van der Waals surface area contributed by atoms with Gasteiger partial charge in [-0.05, 0) is 54.1 Å². The van der Waals surface area contributed by atoms with Gasteiger partial charge in [0.05, 0.1) is 10.0 Å². The Bertz CT molecular complexity index is 1060. The Hall–Kier alpha value is -2.24. The molecule has 1 amide bonds. The SMILES string of the molecule is O=C(Nc1ccc(N2CCN(Cc3ccccc3Cl)CC2)cc1)c1ccc(Cl)c(Cl)c1. The summed E-state index contributed by atoms with van der Waals surface area (Å²) in [6.45, 7) is 4.70. The van der Waals surface area contributed by atoms with E-state index < -0.39 is 0 Å². The minimum Gasteiger partial charge on any atom is -0.369 e. The highest BCUT2D eigenvalue weighted by atomic mass is 35.5. The summed E-state index contributed by atoms with van der Waals surface area (Å²) in [7, 11) is 0. The van der Waals surface area contributed by atoms with E-state index in [0.29, 0.717) is 15.6 Å². The molecule has 0 spiro atoms. The smallest absolute Gasteiger partial charge is 0.255 e. The van der Waals surface area contributed by atoms with Crippen LogP contribution in [-0.4, -0.2) is 37.0 Å². The fourth-order valence-corrected chi connectivity index (χ4v) is 4.12. The first kappa shape index (κ1) is 22.0. The van der Waals surface area contributed by atoms with Crippen LogP contribution < -0.4 is 10.2 Å². The van der Waals surface area contributed by atoms with Crippen LogP contribution in [0.1, 0.15) is 15.9 Å². The number of benzene rings is 3. The Morgan fingerprint density at radius 2 is 1.52 bits per heavy atom. The van der Waals surface area contributed by atoms with E-state index in [0.717, 1.165) is 49.1 Å². The summed E-state index contributed by atoms with van der Waals surface area (Å²) in [6.07, 6.45) is 0. The van der Waals surface area contributed by atoms with Gasteiger partial charge in [-0.25, -0.2) is 0 Å². The van der Waals surface area contributed by atoms with Crippen molar-refractivity contribution < 1.29 is 4.79 Å². The van der Waals surface area contributed by atoms with E-state index in [1.165, 1.54) is 5.56 Å². The van der Waals surface area contributed by atoms with Gasteiger partial charge >= 0.3 is 0 Å². The summed E-state index contributed by atoms with van der Waals surface area (Å²) in [5.41, 5.74) is 3.51. The van der Waals surface area contributed by atoms with Crippen molar-refractivity contribution >= 4 is 52.1 Å². The Kier molecular flexibility index (Phi) is 7.03. The highest BCUT2D eigenvalue weighted by Gasteiger charge is 2.18. The van der Waals surface area contributed by atoms with Crippen LogP contribution >= 0.6 is 34.8 Å². The molecular weight excluding hydrogens is 453 g/mol. The lowest BCUT2D eigenvalue weighted by molar-refractivity contribution is 0.102. The van der Waals surface area contributed by atoms with Gasteiger partial charge in [0.15, 0.2) is 0 Å². The van der Waals surface area contributed by atoms with Crippen LogP contribution in [-0.2, 0) is 6.54 Å². The van der Waals surface area contributed by atoms with E-state index in [1.54, 1.807) is 18.2 Å². The molecule has 3 aromatic rings. The number of hydrogen-bond acceptors (Lipinski definition) is 3. The molecule has 0 atom stereocenters. The second-order valence-electron chi connectivity index (χ2n) is 7.48. The molecule has 0 bridgehead atoms. The van der Waals surface area contributed by atoms with Crippen molar-refractivity contribution in [2.24, 2.45) is 0 Å². The number of carbonyl (C=O) groups is 1. The van der Waals surface area contributed by atoms with E-state index in [-0.39, 0.29) is 5.91 Å². The van der Waals surface area contributed by atoms with E-state index in [4.69, 9.17) is 34.8 Å². The highest BCUT2D eigenvalue weighted by Crippen LogP contribution is 2.24. The number of hydrogen-bond donors (Lipinski definition) is 1. The number of nitrogens with one attached hydrogen (secondary N) is 1. The molecule has 1 aliphatic rings. The maximum absolute atomic E-state index is 12.4. The van der Waals surface area contributed by atoms with Crippen LogP contribution in [0.3, 0.4) is 0 Å². The van der Waals surface area contributed by atoms with Crippen molar-refractivity contribution in [3.63, 3.8) is 0 Å². The fraction of sp³-hybridized carbons (Fsp3) is 0.208. The molecule has 4 rings (SSSR count). The van der Waals surface area contributed by atoms with Crippen molar-refractivity contribution in [3.8, 4) is 0 Å². The second kappa shape index (κ2) is 9.92. The van der Waals surface area contributed by atoms with Gasteiger partial charge in [-0.1, -0.05) is 53.0 Å². The molecular formula is C24H22Cl3N3O. The Morgan fingerprint density at radius 3 is 2.19 bits per heavy atom. The minimum absolute atomic E-state index is 0.223. The first-order valence-electron chi connectivity index (χ1n) is 10.1. The van der Waals surface area contributed by atoms with Gasteiger partial charge in [0.1, 0.15) is 0 Å². The van der Waals surface area contributed by atoms with Gasteiger partial charge in [0, 0.05) is 54.7 Å². The molecule has 7 heteroatoms. The van der Waals surface area contributed by atoms with E-state index >= 15 is 0 Å². The molecule has 0 aliphatic carbocycles. The van der Waals surface area contributed by atoms with Gasteiger partial charge in [-0.2, -0.15) is 0 Å². The fourth-order valence-electron chi connectivity index (χ4n) is 3.63. The molecule has 0 unspecified atom stereocenters. The zero-order chi connectivity index (χ0) is 21.8. The molecule has 3 aromatic carbocycles. The van der Waals surface area contributed by atoms with E-state index in [2.05, 4.69) is 21.2 Å². The number of carbonyl (C=O) groups excluding carboxylic acids is 1. The van der Waals surface area contributed by atoms with E-state index in [1.807, 2.05) is 42.5 Å². The summed E-state index contributed by atoms with van der Waals surface area (Å²) < 4.78 is 0. The number of amides is 1. The summed E-state index contributed by atoms with van der Waals surface area (Å²) in [6, 6.07) is 20.8. The van der Waals surface area contributed by atoms with Crippen LogP contribution in [0.4, 0.5) is 11.4 Å². The van der Waals surface area contributed by atoms with Gasteiger partial charge in [-0.15, -0.1) is 0 Å². The molecule has 0 radical (unpaired) electrons. The predicted molar refractivity (Wildman–Crippen MR) is 130 cm³/mol. The summed E-state index contributed by atoms with van der Waals surface area (Å²) in [5, 5.41) is 4.50. The van der Waals surface area contributed by atoms with Crippen LogP contribution in [0.5, 0.6) is 0 Å². The molecule has 1 heterocycles. The highest BCUT2D eigenvalue weighted by molar-refractivity contribution is 6.42. The molecule has 1 N–H and O–H groups in total. The first-order valence-corrected chi connectivity index (χ1v) is 11.2. The third kappa shape index (κ3) is 5.52. The molecule has 0 saturated carbocycles. The van der Waals surface area contributed by atoms with Crippen LogP contribution in [0.25, 0.3) is 0 Å². The molecule has 31 heavy (non-hydrogen) atoms. The zero-order valence-electron chi connectivity index (χ0n) is 16.8. The molecule has 1 saturated heterocycles. The lowest BCUT2D eigenvalue weighted by Gasteiger charge is -2.36. The number of anilines is 2. The third-order valence-corrected chi connectivity index (χ3v) is 6.50.